The lowest BCUT2D eigenvalue weighted by Gasteiger charge is -2.01. The van der Waals surface area contributed by atoms with E-state index in [0.717, 1.165) is 5.56 Å². The van der Waals surface area contributed by atoms with Gasteiger partial charge in [0.05, 0.1) is 12.1 Å². The zero-order valence-corrected chi connectivity index (χ0v) is 7.12. The van der Waals surface area contributed by atoms with Gasteiger partial charge in [0.15, 0.2) is 0 Å². The third-order valence-corrected chi connectivity index (χ3v) is 1.63. The lowest BCUT2D eigenvalue weighted by atomic mass is 10.1. The van der Waals surface area contributed by atoms with Crippen LogP contribution in [0.15, 0.2) is 18.3 Å². The van der Waals surface area contributed by atoms with Gasteiger partial charge in [-0.3, -0.25) is 0 Å². The molecule has 1 atom stereocenters. The highest BCUT2D eigenvalue weighted by Crippen LogP contribution is 2.06. The summed E-state index contributed by atoms with van der Waals surface area (Å²) in [5, 5.41) is 8.88. The highest BCUT2D eigenvalue weighted by atomic mass is 35.5. The van der Waals surface area contributed by atoms with Crippen molar-refractivity contribution in [3.05, 3.63) is 29.0 Å². The number of nitrogens with two attached hydrogens (primary N) is 1. The van der Waals surface area contributed by atoms with Crippen molar-refractivity contribution in [3.8, 4) is 6.07 Å². The van der Waals surface area contributed by atoms with E-state index in [0.29, 0.717) is 11.6 Å². The molecule has 1 heterocycles. The number of rotatable bonds is 2. The normalized spacial score (nSPS) is 12.1. The summed E-state index contributed by atoms with van der Waals surface area (Å²) in [6.07, 6.45) is 2.14. The van der Waals surface area contributed by atoms with Gasteiger partial charge in [-0.1, -0.05) is 17.7 Å². The van der Waals surface area contributed by atoms with Crippen LogP contribution < -0.4 is 5.73 Å². The standard InChI is InChI=1S/C8H8ClN3/c9-8-2-1-6(5-12-8)3-7(11)4-10/h1-2,5,7H,3,11H2. The van der Waals surface area contributed by atoms with Crippen molar-refractivity contribution < 1.29 is 0 Å². The number of pyridine rings is 1. The maximum atomic E-state index is 8.43. The largest absolute Gasteiger partial charge is 0.316 e. The van der Waals surface area contributed by atoms with Crippen molar-refractivity contribution in [3.63, 3.8) is 0 Å². The minimum Gasteiger partial charge on any atom is -0.316 e. The summed E-state index contributed by atoms with van der Waals surface area (Å²) >= 11 is 5.57. The van der Waals surface area contributed by atoms with Crippen molar-refractivity contribution in [2.24, 2.45) is 5.73 Å². The van der Waals surface area contributed by atoms with Crippen molar-refractivity contribution in [1.29, 1.82) is 5.26 Å². The van der Waals surface area contributed by atoms with Crippen LogP contribution in [0.3, 0.4) is 0 Å². The third kappa shape index (κ3) is 2.50. The molecule has 12 heavy (non-hydrogen) atoms. The van der Waals surface area contributed by atoms with E-state index in [4.69, 9.17) is 22.6 Å². The lowest BCUT2D eigenvalue weighted by molar-refractivity contribution is 0.819. The highest BCUT2D eigenvalue weighted by Gasteiger charge is 2.01. The minimum atomic E-state index is -0.465. The number of nitrogens with zero attached hydrogens (tertiary/aromatic N) is 2. The summed E-state index contributed by atoms with van der Waals surface area (Å²) in [5.74, 6) is 0. The second kappa shape index (κ2) is 4.05. The van der Waals surface area contributed by atoms with Crippen LogP contribution in [0.4, 0.5) is 0 Å². The van der Waals surface area contributed by atoms with Crippen molar-refractivity contribution >= 4 is 11.6 Å². The van der Waals surface area contributed by atoms with Crippen LogP contribution in [0.1, 0.15) is 5.56 Å². The summed E-state index contributed by atoms with van der Waals surface area (Å²) in [7, 11) is 0. The Kier molecular flexibility index (Phi) is 3.03. The number of hydrogen-bond donors (Lipinski definition) is 1. The van der Waals surface area contributed by atoms with Crippen LogP contribution in [0, 0.1) is 11.3 Å². The molecule has 0 radical (unpaired) electrons. The van der Waals surface area contributed by atoms with Gasteiger partial charge in [0, 0.05) is 12.6 Å². The molecule has 0 aliphatic carbocycles. The van der Waals surface area contributed by atoms with Crippen molar-refractivity contribution in [2.75, 3.05) is 0 Å². The molecule has 1 rings (SSSR count). The fourth-order valence-electron chi connectivity index (χ4n) is 0.827. The van der Waals surface area contributed by atoms with Crippen LogP contribution in [0.5, 0.6) is 0 Å². The van der Waals surface area contributed by atoms with Gasteiger partial charge in [0.2, 0.25) is 0 Å². The Balaban J connectivity index is 2.66. The first kappa shape index (κ1) is 8.98. The Morgan fingerprint density at radius 2 is 2.42 bits per heavy atom. The second-order valence-corrected chi connectivity index (χ2v) is 2.82. The first-order valence-corrected chi connectivity index (χ1v) is 3.86. The molecule has 0 saturated carbocycles. The summed E-state index contributed by atoms with van der Waals surface area (Å²) in [6, 6.07) is 4.97. The topological polar surface area (TPSA) is 62.7 Å². The van der Waals surface area contributed by atoms with Gasteiger partial charge in [-0.2, -0.15) is 5.26 Å². The van der Waals surface area contributed by atoms with E-state index >= 15 is 0 Å². The van der Waals surface area contributed by atoms with Crippen molar-refractivity contribution in [2.45, 2.75) is 12.5 Å². The van der Waals surface area contributed by atoms with Gasteiger partial charge in [-0.15, -0.1) is 0 Å². The Bertz CT molecular complexity index is 288. The highest BCUT2D eigenvalue weighted by molar-refractivity contribution is 6.29. The first-order chi connectivity index (χ1) is 5.72. The van der Waals surface area contributed by atoms with Crippen molar-refractivity contribution in [1.82, 2.24) is 4.98 Å². The monoisotopic (exact) mass is 181 g/mol. The third-order valence-electron chi connectivity index (χ3n) is 1.41. The van der Waals surface area contributed by atoms with E-state index in [2.05, 4.69) is 4.98 Å². The molecule has 2 N–H and O–H groups in total. The predicted molar refractivity (Wildman–Crippen MR) is 46.5 cm³/mol. The van der Waals surface area contributed by atoms with E-state index in [1.54, 1.807) is 12.3 Å². The van der Waals surface area contributed by atoms with E-state index in [1.165, 1.54) is 0 Å². The Hall–Kier alpha value is -1.11. The van der Waals surface area contributed by atoms with Crippen LogP contribution in [-0.2, 0) is 6.42 Å². The molecule has 0 spiro atoms. The van der Waals surface area contributed by atoms with E-state index in [9.17, 15) is 0 Å². The number of aromatic nitrogens is 1. The molecule has 1 unspecified atom stereocenters. The zero-order chi connectivity index (χ0) is 8.97. The first-order valence-electron chi connectivity index (χ1n) is 3.48. The number of hydrogen-bond acceptors (Lipinski definition) is 3. The molecule has 1 aromatic heterocycles. The van der Waals surface area contributed by atoms with Gasteiger partial charge in [-0.05, 0) is 11.6 Å². The molecule has 0 amide bonds. The summed E-state index contributed by atoms with van der Waals surface area (Å²) < 4.78 is 0. The van der Waals surface area contributed by atoms with E-state index in [1.807, 2.05) is 12.1 Å². The molecule has 4 heteroatoms. The SMILES string of the molecule is N#CC(N)Cc1ccc(Cl)nc1. The fourth-order valence-corrected chi connectivity index (χ4v) is 0.939. The smallest absolute Gasteiger partial charge is 0.129 e. The molecule has 62 valence electrons. The average molecular weight is 182 g/mol. The molecular weight excluding hydrogens is 174 g/mol. The molecule has 0 saturated heterocycles. The lowest BCUT2D eigenvalue weighted by Crippen LogP contribution is -2.20. The van der Waals surface area contributed by atoms with Gasteiger partial charge < -0.3 is 5.73 Å². The van der Waals surface area contributed by atoms with Crippen LogP contribution in [0.2, 0.25) is 5.15 Å². The molecule has 3 nitrogen and oxygen atoms in total. The van der Waals surface area contributed by atoms with Gasteiger partial charge in [0.1, 0.15) is 5.15 Å². The summed E-state index contributed by atoms with van der Waals surface area (Å²) in [5.41, 5.74) is 6.35. The van der Waals surface area contributed by atoms with Crippen LogP contribution in [-0.4, -0.2) is 11.0 Å². The molecule has 0 aromatic carbocycles. The maximum absolute atomic E-state index is 8.43. The fraction of sp³-hybridized carbons (Fsp3) is 0.250. The maximum Gasteiger partial charge on any atom is 0.129 e. The second-order valence-electron chi connectivity index (χ2n) is 2.43. The molecule has 1 aromatic rings. The average Bonchev–Trinajstić information content (AvgIpc) is 2.09. The Morgan fingerprint density at radius 1 is 1.67 bits per heavy atom. The molecule has 0 aliphatic rings. The minimum absolute atomic E-state index is 0.448. The summed E-state index contributed by atoms with van der Waals surface area (Å²) in [4.78, 5) is 3.87. The Labute approximate surface area is 75.8 Å². The molecule has 0 fully saturated rings. The summed E-state index contributed by atoms with van der Waals surface area (Å²) in [6.45, 7) is 0. The number of nitriles is 1. The molecule has 0 bridgehead atoms. The molecular formula is C8H8ClN3. The van der Waals surface area contributed by atoms with Gasteiger partial charge >= 0.3 is 0 Å². The van der Waals surface area contributed by atoms with E-state index < -0.39 is 6.04 Å². The van der Waals surface area contributed by atoms with E-state index in [-0.39, 0.29) is 0 Å². The van der Waals surface area contributed by atoms with Crippen LogP contribution >= 0.6 is 11.6 Å². The quantitative estimate of drug-likeness (QED) is 0.696. The number of halogens is 1. The molecule has 0 aliphatic heterocycles. The van der Waals surface area contributed by atoms with Gasteiger partial charge in [-0.25, -0.2) is 4.98 Å². The zero-order valence-electron chi connectivity index (χ0n) is 6.37. The predicted octanol–water partition coefficient (Wildman–Crippen LogP) is 1.13. The van der Waals surface area contributed by atoms with Crippen LogP contribution in [0.25, 0.3) is 0 Å². The Morgan fingerprint density at radius 3 is 2.92 bits per heavy atom. The van der Waals surface area contributed by atoms with Gasteiger partial charge in [0.25, 0.3) is 0 Å².